The molecule has 2 aromatic heterocycles. The van der Waals surface area contributed by atoms with Gasteiger partial charge in [0.1, 0.15) is 5.69 Å². The Morgan fingerprint density at radius 3 is 3.11 bits per heavy atom. The van der Waals surface area contributed by atoms with Crippen LogP contribution < -0.4 is 27.2 Å². The number of furan rings is 1. The highest BCUT2D eigenvalue weighted by Crippen LogP contribution is 2.29. The van der Waals surface area contributed by atoms with Crippen LogP contribution in [0.3, 0.4) is 0 Å². The summed E-state index contributed by atoms with van der Waals surface area (Å²) >= 11 is 0. The molecule has 1 atom stereocenters. The van der Waals surface area contributed by atoms with Gasteiger partial charge in [-0.05, 0) is 6.07 Å². The lowest BCUT2D eigenvalue weighted by atomic mass is 10.3. The highest BCUT2D eigenvalue weighted by Gasteiger charge is 2.30. The van der Waals surface area contributed by atoms with Gasteiger partial charge in [-0.3, -0.25) is 15.5 Å². The standard InChI is InChI=1S/C10H12N6O2/c11-9-14-7-6(8(17)15-9)13-10(12)16(7)3-5-1-2-18-4-5/h1-2,4,10,13H,3,12H2,(H3,11,14,15,17). The van der Waals surface area contributed by atoms with Gasteiger partial charge in [-0.1, -0.05) is 0 Å². The summed E-state index contributed by atoms with van der Waals surface area (Å²) in [7, 11) is 0. The largest absolute Gasteiger partial charge is 0.472 e. The Hall–Kier alpha value is -2.48. The molecule has 1 aliphatic rings. The van der Waals surface area contributed by atoms with Crippen LogP contribution >= 0.6 is 0 Å². The zero-order valence-electron chi connectivity index (χ0n) is 9.38. The van der Waals surface area contributed by atoms with Gasteiger partial charge in [-0.15, -0.1) is 0 Å². The number of hydrogen-bond donors (Lipinski definition) is 4. The molecule has 0 saturated carbocycles. The molecule has 6 N–H and O–H groups in total. The number of nitrogens with zero attached hydrogens (tertiary/aromatic N) is 2. The van der Waals surface area contributed by atoms with Gasteiger partial charge in [-0.2, -0.15) is 4.98 Å². The molecular formula is C10H12N6O2. The zero-order valence-corrected chi connectivity index (χ0v) is 9.38. The summed E-state index contributed by atoms with van der Waals surface area (Å²) in [6.07, 6.45) is 2.66. The van der Waals surface area contributed by atoms with E-state index in [1.54, 1.807) is 17.4 Å². The molecule has 1 unspecified atom stereocenters. The van der Waals surface area contributed by atoms with Crippen molar-refractivity contribution in [2.45, 2.75) is 12.8 Å². The molecule has 2 aromatic rings. The Morgan fingerprint density at radius 1 is 1.56 bits per heavy atom. The van der Waals surface area contributed by atoms with Gasteiger partial charge < -0.3 is 20.4 Å². The molecule has 0 aromatic carbocycles. The Labute approximate surface area is 102 Å². The second-order valence-corrected chi connectivity index (χ2v) is 4.00. The van der Waals surface area contributed by atoms with Crippen molar-refractivity contribution in [3.05, 3.63) is 34.5 Å². The fourth-order valence-corrected chi connectivity index (χ4v) is 1.93. The summed E-state index contributed by atoms with van der Waals surface area (Å²) < 4.78 is 4.99. The predicted molar refractivity (Wildman–Crippen MR) is 65.8 cm³/mol. The number of nitrogens with two attached hydrogens (primary N) is 2. The van der Waals surface area contributed by atoms with Crippen molar-refractivity contribution in [2.24, 2.45) is 5.73 Å². The van der Waals surface area contributed by atoms with E-state index in [1.807, 2.05) is 6.07 Å². The Kier molecular flexibility index (Phi) is 2.23. The predicted octanol–water partition coefficient (Wildman–Crippen LogP) is -0.381. The number of hydrogen-bond acceptors (Lipinski definition) is 7. The van der Waals surface area contributed by atoms with Crippen molar-refractivity contribution < 1.29 is 4.42 Å². The second-order valence-electron chi connectivity index (χ2n) is 4.00. The monoisotopic (exact) mass is 248 g/mol. The minimum absolute atomic E-state index is 0.0619. The van der Waals surface area contributed by atoms with Gasteiger partial charge in [0.15, 0.2) is 12.1 Å². The van der Waals surface area contributed by atoms with Crippen LogP contribution in [0.1, 0.15) is 5.56 Å². The van der Waals surface area contributed by atoms with Crippen LogP contribution in [0.4, 0.5) is 17.5 Å². The highest BCUT2D eigenvalue weighted by atomic mass is 16.3. The Bertz CT molecular complexity index is 620. The molecule has 0 fully saturated rings. The van der Waals surface area contributed by atoms with E-state index < -0.39 is 6.29 Å². The van der Waals surface area contributed by atoms with Gasteiger partial charge in [0, 0.05) is 5.56 Å². The molecule has 8 nitrogen and oxygen atoms in total. The fraction of sp³-hybridized carbons (Fsp3) is 0.200. The molecule has 0 saturated heterocycles. The summed E-state index contributed by atoms with van der Waals surface area (Å²) in [6, 6.07) is 1.82. The molecule has 1 aliphatic heterocycles. The van der Waals surface area contributed by atoms with Crippen molar-refractivity contribution >= 4 is 17.5 Å². The molecular weight excluding hydrogens is 236 g/mol. The lowest BCUT2D eigenvalue weighted by Crippen LogP contribution is -2.42. The average molecular weight is 248 g/mol. The molecule has 0 bridgehead atoms. The smallest absolute Gasteiger partial charge is 0.277 e. The first-order valence-electron chi connectivity index (χ1n) is 5.35. The minimum atomic E-state index is -0.523. The Morgan fingerprint density at radius 2 is 2.39 bits per heavy atom. The van der Waals surface area contributed by atoms with Crippen molar-refractivity contribution in [3.8, 4) is 0 Å². The average Bonchev–Trinajstić information content (AvgIpc) is 2.91. The van der Waals surface area contributed by atoms with Crippen LogP contribution in [0, 0.1) is 0 Å². The molecule has 0 spiro atoms. The topological polar surface area (TPSA) is 126 Å². The zero-order chi connectivity index (χ0) is 12.7. The van der Waals surface area contributed by atoms with E-state index in [2.05, 4.69) is 15.3 Å². The molecule has 3 heterocycles. The van der Waals surface area contributed by atoms with E-state index in [0.717, 1.165) is 5.56 Å². The van der Waals surface area contributed by atoms with Crippen LogP contribution in [-0.2, 0) is 6.54 Å². The number of nitrogen functional groups attached to an aromatic ring is 1. The highest BCUT2D eigenvalue weighted by molar-refractivity contribution is 5.71. The maximum Gasteiger partial charge on any atom is 0.277 e. The van der Waals surface area contributed by atoms with Crippen molar-refractivity contribution in [2.75, 3.05) is 16.0 Å². The number of fused-ring (bicyclic) bond motifs is 1. The third-order valence-corrected chi connectivity index (χ3v) is 2.75. The van der Waals surface area contributed by atoms with Gasteiger partial charge in [0.05, 0.1) is 19.1 Å². The van der Waals surface area contributed by atoms with E-state index in [4.69, 9.17) is 15.9 Å². The number of aromatic nitrogens is 2. The maximum absolute atomic E-state index is 11.7. The summed E-state index contributed by atoms with van der Waals surface area (Å²) in [5, 5.41) is 2.87. The van der Waals surface area contributed by atoms with E-state index in [9.17, 15) is 4.79 Å². The SMILES string of the molecule is Nc1nc2c(c(=O)[nH]1)NC(N)N2Cc1ccoc1. The van der Waals surface area contributed by atoms with Crippen LogP contribution in [0.2, 0.25) is 0 Å². The minimum Gasteiger partial charge on any atom is -0.472 e. The lowest BCUT2D eigenvalue weighted by molar-refractivity contribution is 0.562. The first-order chi connectivity index (χ1) is 8.65. The number of rotatable bonds is 2. The number of nitrogens with one attached hydrogen (secondary N) is 2. The van der Waals surface area contributed by atoms with E-state index in [0.29, 0.717) is 18.1 Å². The van der Waals surface area contributed by atoms with Crippen LogP contribution in [-0.4, -0.2) is 16.3 Å². The quantitative estimate of drug-likeness (QED) is 0.570. The van der Waals surface area contributed by atoms with E-state index in [1.165, 1.54) is 0 Å². The summed E-state index contributed by atoms with van der Waals surface area (Å²) in [6.45, 7) is 0.480. The molecule has 94 valence electrons. The third-order valence-electron chi connectivity index (χ3n) is 2.75. The van der Waals surface area contributed by atoms with E-state index >= 15 is 0 Å². The van der Waals surface area contributed by atoms with E-state index in [-0.39, 0.29) is 11.5 Å². The molecule has 0 radical (unpaired) electrons. The molecule has 0 aliphatic carbocycles. The Balaban J connectivity index is 2.01. The summed E-state index contributed by atoms with van der Waals surface area (Å²) in [5.74, 6) is 0.511. The van der Waals surface area contributed by atoms with Crippen molar-refractivity contribution in [3.63, 3.8) is 0 Å². The molecule has 3 rings (SSSR count). The lowest BCUT2D eigenvalue weighted by Gasteiger charge is -2.21. The van der Waals surface area contributed by atoms with Crippen LogP contribution in [0.15, 0.2) is 27.8 Å². The second kappa shape index (κ2) is 3.77. The normalized spacial score (nSPS) is 17.6. The van der Waals surface area contributed by atoms with Crippen LogP contribution in [0.5, 0.6) is 0 Å². The fourth-order valence-electron chi connectivity index (χ4n) is 1.93. The van der Waals surface area contributed by atoms with Gasteiger partial charge in [0.25, 0.3) is 5.56 Å². The van der Waals surface area contributed by atoms with Crippen molar-refractivity contribution in [1.82, 2.24) is 9.97 Å². The van der Waals surface area contributed by atoms with Gasteiger partial charge >= 0.3 is 0 Å². The third kappa shape index (κ3) is 1.59. The number of aromatic amines is 1. The first-order valence-corrected chi connectivity index (χ1v) is 5.35. The molecule has 18 heavy (non-hydrogen) atoms. The van der Waals surface area contributed by atoms with Gasteiger partial charge in [0.2, 0.25) is 5.95 Å². The number of H-pyrrole nitrogens is 1. The number of anilines is 3. The molecule has 0 amide bonds. The first kappa shape index (κ1) is 10.7. The van der Waals surface area contributed by atoms with Crippen LogP contribution in [0.25, 0.3) is 0 Å². The summed E-state index contributed by atoms with van der Waals surface area (Å²) in [5.41, 5.74) is 12.4. The summed E-state index contributed by atoms with van der Waals surface area (Å²) in [4.78, 5) is 19.9. The molecule has 8 heteroatoms. The maximum atomic E-state index is 11.7. The van der Waals surface area contributed by atoms with Gasteiger partial charge in [-0.25, -0.2) is 0 Å². The van der Waals surface area contributed by atoms with Crippen molar-refractivity contribution in [1.29, 1.82) is 0 Å².